The van der Waals surface area contributed by atoms with E-state index in [1.54, 1.807) is 0 Å². The summed E-state index contributed by atoms with van der Waals surface area (Å²) in [6, 6.07) is 17.6. The Kier molecular flexibility index (Phi) is 5.52. The number of aromatic nitrogens is 3. The molecule has 5 rings (SSSR count). The monoisotopic (exact) mass is 439 g/mol. The number of ether oxygens (including phenoxy) is 1. The van der Waals surface area contributed by atoms with Crippen molar-refractivity contribution in [3.63, 3.8) is 0 Å². The van der Waals surface area contributed by atoms with Gasteiger partial charge in [0.2, 0.25) is 5.91 Å². The molecular formula is C26H25N5O2. The molecule has 7 heteroatoms. The number of anilines is 1. The summed E-state index contributed by atoms with van der Waals surface area (Å²) in [7, 11) is 0. The molecule has 33 heavy (non-hydrogen) atoms. The van der Waals surface area contributed by atoms with Crippen LogP contribution in [0.3, 0.4) is 0 Å². The van der Waals surface area contributed by atoms with Crippen LogP contribution in [0.1, 0.15) is 18.5 Å². The van der Waals surface area contributed by atoms with Crippen molar-refractivity contribution in [3.05, 3.63) is 79.3 Å². The van der Waals surface area contributed by atoms with Crippen molar-refractivity contribution in [1.29, 1.82) is 0 Å². The van der Waals surface area contributed by atoms with Crippen LogP contribution in [-0.2, 0) is 11.2 Å². The topological polar surface area (TPSA) is 97.1 Å². The predicted octanol–water partition coefficient (Wildman–Crippen LogP) is 4.72. The van der Waals surface area contributed by atoms with Gasteiger partial charge in [-0.2, -0.15) is 0 Å². The predicted molar refractivity (Wildman–Crippen MR) is 129 cm³/mol. The number of hydrogen-bond donors (Lipinski definition) is 2. The molecular weight excluding hydrogens is 414 g/mol. The van der Waals surface area contributed by atoms with Gasteiger partial charge in [-0.3, -0.25) is 4.79 Å². The van der Waals surface area contributed by atoms with Gasteiger partial charge in [0.25, 0.3) is 0 Å². The number of nitrogens with two attached hydrogens (primary N) is 1. The summed E-state index contributed by atoms with van der Waals surface area (Å²) in [5.41, 5.74) is 9.84. The molecule has 1 aliphatic heterocycles. The number of hydrogen-bond acceptors (Lipinski definition) is 5. The van der Waals surface area contributed by atoms with Crippen molar-refractivity contribution in [2.75, 3.05) is 12.3 Å². The number of carbonyl (C=O) groups is 1. The number of amides is 1. The second-order valence-electron chi connectivity index (χ2n) is 8.14. The van der Waals surface area contributed by atoms with Crippen LogP contribution >= 0.6 is 0 Å². The number of para-hydroxylation sites is 1. The highest BCUT2D eigenvalue weighted by Crippen LogP contribution is 2.35. The Bertz CT molecular complexity index is 1300. The van der Waals surface area contributed by atoms with Crippen LogP contribution in [0.2, 0.25) is 0 Å². The maximum atomic E-state index is 12.3. The number of nitrogens with zero attached hydrogens (tertiary/aromatic N) is 3. The fourth-order valence-electron chi connectivity index (χ4n) is 4.52. The molecule has 1 fully saturated rings. The van der Waals surface area contributed by atoms with E-state index >= 15 is 0 Å². The fraction of sp³-hybridized carbons (Fsp3) is 0.192. The highest BCUT2D eigenvalue weighted by molar-refractivity contribution is 6.01. The van der Waals surface area contributed by atoms with Crippen molar-refractivity contribution >= 4 is 22.6 Å². The Morgan fingerprint density at radius 3 is 2.67 bits per heavy atom. The van der Waals surface area contributed by atoms with Gasteiger partial charge in [-0.1, -0.05) is 24.8 Å². The first kappa shape index (κ1) is 20.8. The molecule has 4 aromatic rings. The average Bonchev–Trinajstić information content (AvgIpc) is 3.46. The van der Waals surface area contributed by atoms with Crippen LogP contribution in [-0.4, -0.2) is 38.3 Å². The molecule has 0 spiro atoms. The molecule has 7 nitrogen and oxygen atoms in total. The molecule has 0 saturated carbocycles. The highest BCUT2D eigenvalue weighted by Gasteiger charge is 2.29. The first-order chi connectivity index (χ1) is 16.1. The highest BCUT2D eigenvalue weighted by atomic mass is 16.5. The number of carbonyl (C=O) groups excluding carboxylic acids is 1. The Labute approximate surface area is 191 Å². The Balaban J connectivity index is 1.47. The molecule has 3 N–H and O–H groups in total. The molecule has 0 aliphatic carbocycles. The van der Waals surface area contributed by atoms with E-state index in [1.165, 1.54) is 12.4 Å². The summed E-state index contributed by atoms with van der Waals surface area (Å²) >= 11 is 0. The zero-order valence-electron chi connectivity index (χ0n) is 18.2. The molecule has 1 atom stereocenters. The maximum absolute atomic E-state index is 12.3. The SMILES string of the molecule is C=CC(=O)N1CCC[C@@H]1Cc1[nH]c(-c2ccc(Oc3ccccc3)cc2)c2c(N)ncnc12. The number of aromatic amines is 1. The molecule has 2 aromatic heterocycles. The molecule has 0 unspecified atom stereocenters. The lowest BCUT2D eigenvalue weighted by Crippen LogP contribution is -2.35. The van der Waals surface area contributed by atoms with Crippen LogP contribution in [0.15, 0.2) is 73.6 Å². The van der Waals surface area contributed by atoms with Crippen molar-refractivity contribution in [1.82, 2.24) is 19.9 Å². The van der Waals surface area contributed by atoms with E-state index in [2.05, 4.69) is 21.5 Å². The van der Waals surface area contributed by atoms with Crippen molar-refractivity contribution in [3.8, 4) is 22.8 Å². The number of nitrogen functional groups attached to an aromatic ring is 1. The second-order valence-corrected chi connectivity index (χ2v) is 8.14. The minimum absolute atomic E-state index is 0.0308. The summed E-state index contributed by atoms with van der Waals surface area (Å²) in [5, 5.41) is 0.795. The van der Waals surface area contributed by atoms with Gasteiger partial charge in [0, 0.05) is 24.7 Å². The van der Waals surface area contributed by atoms with E-state index < -0.39 is 0 Å². The summed E-state index contributed by atoms with van der Waals surface area (Å²) in [5.74, 6) is 1.92. The minimum Gasteiger partial charge on any atom is -0.457 e. The van der Waals surface area contributed by atoms with E-state index in [0.717, 1.165) is 58.7 Å². The third-order valence-electron chi connectivity index (χ3n) is 6.08. The molecule has 1 saturated heterocycles. The fourth-order valence-corrected chi connectivity index (χ4v) is 4.52. The Morgan fingerprint density at radius 2 is 1.91 bits per heavy atom. The van der Waals surface area contributed by atoms with Gasteiger partial charge >= 0.3 is 0 Å². The van der Waals surface area contributed by atoms with Gasteiger partial charge in [-0.05, 0) is 60.9 Å². The van der Waals surface area contributed by atoms with Gasteiger partial charge < -0.3 is 20.4 Å². The average molecular weight is 440 g/mol. The van der Waals surface area contributed by atoms with Gasteiger partial charge in [-0.25, -0.2) is 9.97 Å². The quantitative estimate of drug-likeness (QED) is 0.424. The first-order valence-electron chi connectivity index (χ1n) is 11.0. The zero-order chi connectivity index (χ0) is 22.8. The van der Waals surface area contributed by atoms with Crippen LogP contribution < -0.4 is 10.5 Å². The largest absolute Gasteiger partial charge is 0.457 e. The molecule has 166 valence electrons. The molecule has 3 heterocycles. The van der Waals surface area contributed by atoms with E-state index in [-0.39, 0.29) is 11.9 Å². The van der Waals surface area contributed by atoms with Gasteiger partial charge in [0.05, 0.1) is 16.6 Å². The Morgan fingerprint density at radius 1 is 1.15 bits per heavy atom. The normalized spacial score (nSPS) is 15.6. The Hall–Kier alpha value is -4.13. The van der Waals surface area contributed by atoms with Crippen molar-refractivity contribution in [2.24, 2.45) is 0 Å². The van der Waals surface area contributed by atoms with Crippen LogP contribution in [0, 0.1) is 0 Å². The lowest BCUT2D eigenvalue weighted by atomic mass is 10.1. The number of rotatable bonds is 6. The third-order valence-corrected chi connectivity index (χ3v) is 6.08. The van der Waals surface area contributed by atoms with Gasteiger partial charge in [0.1, 0.15) is 23.6 Å². The molecule has 0 bridgehead atoms. The van der Waals surface area contributed by atoms with E-state index in [0.29, 0.717) is 12.2 Å². The second kappa shape index (κ2) is 8.78. The molecule has 2 aromatic carbocycles. The van der Waals surface area contributed by atoms with E-state index in [1.807, 2.05) is 59.5 Å². The van der Waals surface area contributed by atoms with Crippen molar-refractivity contribution < 1.29 is 9.53 Å². The first-order valence-corrected chi connectivity index (χ1v) is 11.0. The third kappa shape index (κ3) is 4.05. The number of benzene rings is 2. The smallest absolute Gasteiger partial charge is 0.246 e. The van der Waals surface area contributed by atoms with Crippen LogP contribution in [0.4, 0.5) is 5.82 Å². The molecule has 1 aliphatic rings. The van der Waals surface area contributed by atoms with Crippen LogP contribution in [0.25, 0.3) is 22.2 Å². The van der Waals surface area contributed by atoms with E-state index in [4.69, 9.17) is 10.5 Å². The lowest BCUT2D eigenvalue weighted by molar-refractivity contribution is -0.126. The van der Waals surface area contributed by atoms with E-state index in [9.17, 15) is 4.79 Å². The number of likely N-dealkylation sites (tertiary alicyclic amines) is 1. The summed E-state index contributed by atoms with van der Waals surface area (Å²) < 4.78 is 5.91. The zero-order valence-corrected chi connectivity index (χ0v) is 18.2. The number of fused-ring (bicyclic) bond motifs is 1. The number of H-pyrrole nitrogens is 1. The molecule has 1 amide bonds. The van der Waals surface area contributed by atoms with Gasteiger partial charge in [0.15, 0.2) is 0 Å². The van der Waals surface area contributed by atoms with Gasteiger partial charge in [-0.15, -0.1) is 0 Å². The maximum Gasteiger partial charge on any atom is 0.246 e. The summed E-state index contributed by atoms with van der Waals surface area (Å²) in [4.78, 5) is 26.4. The number of nitrogens with one attached hydrogen (secondary N) is 1. The summed E-state index contributed by atoms with van der Waals surface area (Å²) in [6.07, 6.45) is 5.46. The van der Waals surface area contributed by atoms with Crippen molar-refractivity contribution in [2.45, 2.75) is 25.3 Å². The molecule has 0 radical (unpaired) electrons. The summed E-state index contributed by atoms with van der Waals surface area (Å²) in [6.45, 7) is 4.39. The minimum atomic E-state index is -0.0308. The standard InChI is InChI=1S/C26H25N5O2/c1-2-22(32)31-14-6-7-18(31)15-21-25-23(26(27)29-16-28-25)24(30-21)17-10-12-20(13-11-17)33-19-8-4-3-5-9-19/h2-5,8-13,16,18,30H,1,6-7,14-15H2,(H2,27,28,29)/t18-/m1/s1. The van der Waals surface area contributed by atoms with Crippen LogP contribution in [0.5, 0.6) is 11.5 Å². The lowest BCUT2D eigenvalue weighted by Gasteiger charge is -2.23.